The van der Waals surface area contributed by atoms with E-state index in [0.29, 0.717) is 11.9 Å². The van der Waals surface area contributed by atoms with E-state index in [-0.39, 0.29) is 0 Å². The van der Waals surface area contributed by atoms with Crippen molar-refractivity contribution in [3.05, 3.63) is 11.0 Å². The van der Waals surface area contributed by atoms with Gasteiger partial charge < -0.3 is 0 Å². The van der Waals surface area contributed by atoms with Crippen LogP contribution in [0.1, 0.15) is 0 Å². The number of thiol groups is 1. The van der Waals surface area contributed by atoms with Crippen molar-refractivity contribution in [1.29, 1.82) is 0 Å². The van der Waals surface area contributed by atoms with E-state index in [2.05, 4.69) is 24.8 Å². The van der Waals surface area contributed by atoms with Gasteiger partial charge in [0.05, 0.1) is 0 Å². The Morgan fingerprint density at radius 1 is 1.71 bits per heavy atom. The van der Waals surface area contributed by atoms with E-state index in [9.17, 15) is 4.79 Å². The monoisotopic (exact) mass is 132 g/mol. The van der Waals surface area contributed by atoms with Gasteiger partial charge in [0.25, 0.3) is 0 Å². The third-order valence-corrected chi connectivity index (χ3v) is 0.992. The van der Waals surface area contributed by atoms with Crippen molar-refractivity contribution in [2.45, 2.75) is 0 Å². The summed E-state index contributed by atoms with van der Waals surface area (Å²) in [4.78, 5) is 9.75. The predicted molar refractivity (Wildman–Crippen MR) is 36.8 cm³/mol. The molecule has 3 heteroatoms. The lowest BCUT2D eigenvalue weighted by Gasteiger charge is -1.75. The van der Waals surface area contributed by atoms with Gasteiger partial charge in [-0.3, -0.25) is 4.79 Å². The van der Waals surface area contributed by atoms with Crippen molar-refractivity contribution in [2.75, 3.05) is 0 Å². The number of aldehydes is 1. The molecule has 1 nitrogen and oxygen atoms in total. The van der Waals surface area contributed by atoms with Crippen molar-refractivity contribution in [2.24, 2.45) is 0 Å². The van der Waals surface area contributed by atoms with E-state index in [1.165, 1.54) is 10.8 Å². The lowest BCUT2D eigenvalue weighted by molar-refractivity contribution is -0.104. The molecule has 0 aliphatic heterocycles. The second kappa shape index (κ2) is 4.02. The van der Waals surface area contributed by atoms with Crippen LogP contribution in [-0.4, -0.2) is 11.7 Å². The van der Waals surface area contributed by atoms with Crippen LogP contribution in [0.25, 0.3) is 0 Å². The van der Waals surface area contributed by atoms with E-state index in [1.54, 1.807) is 0 Å². The lowest BCUT2D eigenvalue weighted by Crippen LogP contribution is -1.78. The molecular weight excluding hydrogens is 128 g/mol. The van der Waals surface area contributed by atoms with Crippen molar-refractivity contribution in [3.8, 4) is 0 Å². The molecule has 0 bridgehead atoms. The Bertz CT molecular complexity index is 96.3. The summed E-state index contributed by atoms with van der Waals surface area (Å²) in [6.07, 6.45) is 0.653. The van der Waals surface area contributed by atoms with Crippen LogP contribution in [0.4, 0.5) is 0 Å². The van der Waals surface area contributed by atoms with Gasteiger partial charge >= 0.3 is 0 Å². The predicted octanol–water partition coefficient (Wildman–Crippen LogP) is 0.999. The molecule has 0 rings (SSSR count). The Labute approximate surface area is 52.8 Å². The average Bonchev–Trinajstić information content (AvgIpc) is 1.72. The number of allylic oxidation sites excluding steroid dienone is 1. The zero-order valence-corrected chi connectivity index (χ0v) is 5.21. The molecule has 0 spiro atoms. The summed E-state index contributed by atoms with van der Waals surface area (Å²) >= 11 is 8.08. The molecule has 0 aromatic rings. The van der Waals surface area contributed by atoms with E-state index < -0.39 is 0 Å². The lowest BCUT2D eigenvalue weighted by atomic mass is 10.4. The second-order valence-electron chi connectivity index (χ2n) is 0.865. The van der Waals surface area contributed by atoms with Crippen molar-refractivity contribution < 1.29 is 4.79 Å². The molecule has 0 N–H and O–H groups in total. The maximum absolute atomic E-state index is 9.75. The first kappa shape index (κ1) is 6.85. The molecule has 38 valence electrons. The number of hydrogen-bond donors (Lipinski definition) is 1. The summed E-state index contributed by atoms with van der Waals surface area (Å²) in [6.45, 7) is 0. The minimum atomic E-state index is 0.429. The normalized spacial score (nSPS) is 10.7. The topological polar surface area (TPSA) is 17.1 Å². The second-order valence-corrected chi connectivity index (χ2v) is 1.36. The van der Waals surface area contributed by atoms with Gasteiger partial charge in [-0.15, -0.1) is 0 Å². The van der Waals surface area contributed by atoms with Crippen LogP contribution in [0.5, 0.6) is 0 Å². The van der Waals surface area contributed by atoms with Gasteiger partial charge in [-0.1, -0.05) is 12.2 Å². The maximum Gasteiger partial charge on any atom is 0.151 e. The number of hydrogen-bond acceptors (Lipinski definition) is 3. The first-order chi connectivity index (χ1) is 3.35. The summed E-state index contributed by atoms with van der Waals surface area (Å²) in [5, 5.41) is 2.64. The first-order valence-electron chi connectivity index (χ1n) is 1.60. The summed E-state index contributed by atoms with van der Waals surface area (Å²) in [6, 6.07) is 0. The molecule has 0 atom stereocenters. The molecule has 0 amide bonds. The van der Waals surface area contributed by atoms with Gasteiger partial charge in [0, 0.05) is 10.9 Å². The molecule has 0 saturated heterocycles. The van der Waals surface area contributed by atoms with E-state index >= 15 is 0 Å². The van der Waals surface area contributed by atoms with E-state index in [0.717, 1.165) is 0 Å². The molecule has 0 aromatic heterocycles. The van der Waals surface area contributed by atoms with Crippen LogP contribution in [0.15, 0.2) is 11.0 Å². The largest absolute Gasteiger partial charge is 0.298 e. The van der Waals surface area contributed by atoms with Crippen LogP contribution < -0.4 is 0 Å². The Morgan fingerprint density at radius 2 is 2.29 bits per heavy atom. The van der Waals surface area contributed by atoms with Gasteiger partial charge in [-0.05, 0) is 5.41 Å². The Hall–Kier alpha value is -0.150. The number of rotatable bonds is 2. The minimum absolute atomic E-state index is 0.429. The fourth-order valence-electron chi connectivity index (χ4n) is 0.0886. The molecule has 0 radical (unpaired) electrons. The summed E-state index contributed by atoms with van der Waals surface area (Å²) in [5.74, 6) is 0. The van der Waals surface area contributed by atoms with Gasteiger partial charge in [-0.2, -0.15) is 12.6 Å². The van der Waals surface area contributed by atoms with Crippen LogP contribution in [0.2, 0.25) is 0 Å². The Morgan fingerprint density at radius 3 is 2.29 bits per heavy atom. The molecule has 0 heterocycles. The zero-order valence-electron chi connectivity index (χ0n) is 3.50. The summed E-state index contributed by atoms with van der Waals surface area (Å²) in [7, 11) is 0. The van der Waals surface area contributed by atoms with E-state index in [1.807, 2.05) is 0 Å². The highest BCUT2D eigenvalue weighted by atomic mass is 32.1. The molecule has 0 aliphatic rings. The maximum atomic E-state index is 9.75. The van der Waals surface area contributed by atoms with Crippen molar-refractivity contribution >= 4 is 36.5 Å². The standard InChI is InChI=1S/C4H4OS2/c5-1-4(2-6)3-7/h1-3,6H/b4-2-. The molecule has 0 aliphatic carbocycles. The first-order valence-corrected chi connectivity index (χ1v) is 2.58. The molecule has 7 heavy (non-hydrogen) atoms. The highest BCUT2D eigenvalue weighted by molar-refractivity contribution is 7.83. The number of carbonyl (C=O) groups is 1. The Kier molecular flexibility index (Phi) is 3.93. The highest BCUT2D eigenvalue weighted by Gasteiger charge is 1.79. The zero-order chi connectivity index (χ0) is 5.70. The summed E-state index contributed by atoms with van der Waals surface area (Å²) < 4.78 is 0. The molecule has 0 unspecified atom stereocenters. The SMILES string of the molecule is O=C/C(C=S)=C/S. The number of thiocarbonyl (C=S) groups is 1. The molecule has 0 fully saturated rings. The smallest absolute Gasteiger partial charge is 0.151 e. The van der Waals surface area contributed by atoms with Gasteiger partial charge in [0.15, 0.2) is 6.29 Å². The third kappa shape index (κ3) is 2.53. The fraction of sp³-hybridized carbons (Fsp3) is 0. The third-order valence-electron chi connectivity index (χ3n) is 0.421. The van der Waals surface area contributed by atoms with Crippen LogP contribution >= 0.6 is 24.8 Å². The van der Waals surface area contributed by atoms with Crippen LogP contribution in [0.3, 0.4) is 0 Å². The van der Waals surface area contributed by atoms with Crippen LogP contribution in [-0.2, 0) is 4.79 Å². The summed E-state index contributed by atoms with van der Waals surface area (Å²) in [5.41, 5.74) is 0.429. The van der Waals surface area contributed by atoms with Gasteiger partial charge in [0.1, 0.15) is 0 Å². The van der Waals surface area contributed by atoms with Crippen molar-refractivity contribution in [3.63, 3.8) is 0 Å². The minimum Gasteiger partial charge on any atom is -0.298 e. The fourth-order valence-corrected chi connectivity index (χ4v) is 0.448. The van der Waals surface area contributed by atoms with E-state index in [4.69, 9.17) is 0 Å². The van der Waals surface area contributed by atoms with Gasteiger partial charge in [0.2, 0.25) is 0 Å². The Balaban J connectivity index is 3.85. The molecule has 0 aromatic carbocycles. The molecule has 0 saturated carbocycles. The van der Waals surface area contributed by atoms with Crippen molar-refractivity contribution in [1.82, 2.24) is 0 Å². The van der Waals surface area contributed by atoms with Crippen LogP contribution in [0, 0.1) is 0 Å². The van der Waals surface area contributed by atoms with Gasteiger partial charge in [-0.25, -0.2) is 0 Å². The quantitative estimate of drug-likeness (QED) is 0.261. The molecular formula is C4H4OS2. The average molecular weight is 132 g/mol. The number of carbonyl (C=O) groups excluding carboxylic acids is 1. The highest BCUT2D eigenvalue weighted by Crippen LogP contribution is 1.85.